The Labute approximate surface area is 176 Å². The second kappa shape index (κ2) is 7.75. The average molecular weight is 580 g/mol. The molecule has 0 aliphatic carbocycles. The van der Waals surface area contributed by atoms with Crippen molar-refractivity contribution in [3.8, 4) is 28.0 Å². The van der Waals surface area contributed by atoms with Crippen molar-refractivity contribution in [2.45, 2.75) is 13.3 Å². The molecule has 1 nitrogen and oxygen atoms in total. The molecule has 0 aromatic heterocycles. The molecule has 0 heterocycles. The maximum atomic E-state index is 12.2. The van der Waals surface area contributed by atoms with Gasteiger partial charge in [0.25, 0.3) is 0 Å². The van der Waals surface area contributed by atoms with Crippen LogP contribution in [0.5, 0.6) is 5.75 Å². The van der Waals surface area contributed by atoms with Crippen molar-refractivity contribution in [2.24, 2.45) is 0 Å². The number of hydrogen-bond donors (Lipinski definition) is 0. The van der Waals surface area contributed by atoms with Crippen LogP contribution in [0.4, 0.5) is 13.2 Å². The summed E-state index contributed by atoms with van der Waals surface area (Å²) in [7, 11) is 0. The number of benzene rings is 3. The standard InChI is InChI=1S/C20H13F3I2O/c1-12-10-17(24)19(18(25)11-12)15-4-2-13(3-5-15)14-6-8-16(9-7-14)26-20(21,22)23/h2-11H,1H3. The lowest BCUT2D eigenvalue weighted by Crippen LogP contribution is -2.16. The van der Waals surface area contributed by atoms with Crippen LogP contribution in [0.15, 0.2) is 60.7 Å². The third-order valence-corrected chi connectivity index (χ3v) is 5.48. The Morgan fingerprint density at radius 1 is 0.731 bits per heavy atom. The number of ether oxygens (including phenoxy) is 1. The minimum atomic E-state index is -4.68. The fraction of sp³-hybridized carbons (Fsp3) is 0.100. The molecular weight excluding hydrogens is 567 g/mol. The molecule has 0 saturated heterocycles. The molecule has 0 bridgehead atoms. The molecule has 134 valence electrons. The lowest BCUT2D eigenvalue weighted by Gasteiger charge is -2.11. The van der Waals surface area contributed by atoms with Crippen LogP contribution in [-0.2, 0) is 0 Å². The maximum absolute atomic E-state index is 12.2. The topological polar surface area (TPSA) is 9.23 Å². The van der Waals surface area contributed by atoms with Crippen LogP contribution in [0.3, 0.4) is 0 Å². The highest BCUT2D eigenvalue weighted by atomic mass is 127. The van der Waals surface area contributed by atoms with Crippen molar-refractivity contribution in [2.75, 3.05) is 0 Å². The zero-order valence-corrected chi connectivity index (χ0v) is 17.9. The number of alkyl halides is 3. The van der Waals surface area contributed by atoms with Gasteiger partial charge in [0.2, 0.25) is 0 Å². The highest BCUT2D eigenvalue weighted by Gasteiger charge is 2.30. The van der Waals surface area contributed by atoms with Gasteiger partial charge in [0.1, 0.15) is 5.75 Å². The van der Waals surface area contributed by atoms with Crippen molar-refractivity contribution in [3.63, 3.8) is 0 Å². The van der Waals surface area contributed by atoms with E-state index in [1.807, 2.05) is 24.3 Å². The first-order chi connectivity index (χ1) is 12.2. The van der Waals surface area contributed by atoms with Gasteiger partial charge >= 0.3 is 6.36 Å². The Balaban J connectivity index is 1.86. The monoisotopic (exact) mass is 580 g/mol. The summed E-state index contributed by atoms with van der Waals surface area (Å²) in [5.41, 5.74) is 5.29. The molecule has 3 aromatic rings. The summed E-state index contributed by atoms with van der Waals surface area (Å²) in [6.45, 7) is 2.07. The Hall–Kier alpha value is -1.29. The quantitative estimate of drug-likeness (QED) is 0.293. The Bertz CT molecular complexity index is 894. The molecule has 0 fully saturated rings. The van der Waals surface area contributed by atoms with Gasteiger partial charge in [0.05, 0.1) is 0 Å². The second-order valence-electron chi connectivity index (χ2n) is 5.75. The first-order valence-electron chi connectivity index (χ1n) is 7.65. The summed E-state index contributed by atoms with van der Waals surface area (Å²) in [5, 5.41) is 0. The molecule has 3 aromatic carbocycles. The first kappa shape index (κ1) is 19.5. The Morgan fingerprint density at radius 2 is 1.15 bits per heavy atom. The molecule has 3 rings (SSSR count). The average Bonchev–Trinajstić information content (AvgIpc) is 2.54. The van der Waals surface area contributed by atoms with Gasteiger partial charge in [-0.05, 0) is 98.6 Å². The smallest absolute Gasteiger partial charge is 0.406 e. The SMILES string of the molecule is Cc1cc(I)c(-c2ccc(-c3ccc(OC(F)(F)F)cc3)cc2)c(I)c1. The van der Waals surface area contributed by atoms with Crippen molar-refractivity contribution in [1.82, 2.24) is 0 Å². The van der Waals surface area contributed by atoms with Crippen molar-refractivity contribution < 1.29 is 17.9 Å². The van der Waals surface area contributed by atoms with Gasteiger partial charge < -0.3 is 4.74 Å². The molecule has 0 atom stereocenters. The van der Waals surface area contributed by atoms with E-state index in [1.54, 1.807) is 12.1 Å². The summed E-state index contributed by atoms with van der Waals surface area (Å²) in [6, 6.07) is 18.2. The van der Waals surface area contributed by atoms with Crippen molar-refractivity contribution in [1.29, 1.82) is 0 Å². The fourth-order valence-electron chi connectivity index (χ4n) is 2.65. The minimum absolute atomic E-state index is 0.221. The predicted molar refractivity (Wildman–Crippen MR) is 114 cm³/mol. The van der Waals surface area contributed by atoms with Gasteiger partial charge in [-0.25, -0.2) is 0 Å². The number of rotatable bonds is 3. The van der Waals surface area contributed by atoms with E-state index in [4.69, 9.17) is 0 Å². The molecule has 0 unspecified atom stereocenters. The molecule has 0 saturated carbocycles. The molecule has 0 N–H and O–H groups in total. The van der Waals surface area contributed by atoms with Gasteiger partial charge in [0.15, 0.2) is 0 Å². The van der Waals surface area contributed by atoms with Gasteiger partial charge in [-0.15, -0.1) is 13.2 Å². The molecule has 6 heteroatoms. The normalized spacial score (nSPS) is 11.5. The van der Waals surface area contributed by atoms with Crippen LogP contribution in [0.2, 0.25) is 0 Å². The highest BCUT2D eigenvalue weighted by molar-refractivity contribution is 14.1. The zero-order chi connectivity index (χ0) is 18.9. The van der Waals surface area contributed by atoms with Crippen LogP contribution >= 0.6 is 45.2 Å². The molecular formula is C20H13F3I2O. The van der Waals surface area contributed by atoms with Gasteiger partial charge in [-0.3, -0.25) is 0 Å². The molecule has 0 aliphatic heterocycles. The molecule has 0 spiro atoms. The van der Waals surface area contributed by atoms with E-state index >= 15 is 0 Å². The second-order valence-corrected chi connectivity index (χ2v) is 8.08. The lowest BCUT2D eigenvalue weighted by atomic mass is 10.00. The molecule has 0 aliphatic rings. The summed E-state index contributed by atoms with van der Waals surface area (Å²) in [6.07, 6.45) is -4.68. The summed E-state index contributed by atoms with van der Waals surface area (Å²) in [4.78, 5) is 0. The lowest BCUT2D eigenvalue weighted by molar-refractivity contribution is -0.274. The molecule has 0 radical (unpaired) electrons. The van der Waals surface area contributed by atoms with Crippen molar-refractivity contribution >= 4 is 45.2 Å². The van der Waals surface area contributed by atoms with Crippen LogP contribution in [0.1, 0.15) is 5.56 Å². The van der Waals surface area contributed by atoms with Crippen molar-refractivity contribution in [3.05, 3.63) is 73.4 Å². The third kappa shape index (κ3) is 4.70. The van der Waals surface area contributed by atoms with E-state index < -0.39 is 6.36 Å². The predicted octanol–water partition coefficient (Wildman–Crippen LogP) is 7.44. The fourth-order valence-corrected chi connectivity index (χ4v) is 5.36. The van der Waals surface area contributed by atoms with E-state index in [1.165, 1.54) is 30.4 Å². The number of halogens is 5. The summed E-state index contributed by atoms with van der Waals surface area (Å²) in [5.74, 6) is -0.221. The van der Waals surface area contributed by atoms with Crippen LogP contribution in [0.25, 0.3) is 22.3 Å². The van der Waals surface area contributed by atoms with E-state index in [9.17, 15) is 13.2 Å². The minimum Gasteiger partial charge on any atom is -0.406 e. The van der Waals surface area contributed by atoms with Crippen LogP contribution in [0, 0.1) is 14.1 Å². The van der Waals surface area contributed by atoms with Gasteiger partial charge in [-0.2, -0.15) is 0 Å². The largest absolute Gasteiger partial charge is 0.573 e. The first-order valence-corrected chi connectivity index (χ1v) is 9.81. The van der Waals surface area contributed by atoms with E-state index in [0.29, 0.717) is 0 Å². The number of hydrogen-bond acceptors (Lipinski definition) is 1. The van der Waals surface area contributed by atoms with E-state index in [-0.39, 0.29) is 5.75 Å². The molecule has 0 amide bonds. The van der Waals surface area contributed by atoms with E-state index in [2.05, 4.69) is 69.0 Å². The summed E-state index contributed by atoms with van der Waals surface area (Å²) >= 11 is 4.68. The zero-order valence-electron chi connectivity index (χ0n) is 13.6. The van der Waals surface area contributed by atoms with Crippen LogP contribution < -0.4 is 4.74 Å². The Kier molecular flexibility index (Phi) is 5.81. The Morgan fingerprint density at radius 3 is 1.62 bits per heavy atom. The van der Waals surface area contributed by atoms with Gasteiger partial charge in [0, 0.05) is 12.7 Å². The third-order valence-electron chi connectivity index (χ3n) is 3.78. The highest BCUT2D eigenvalue weighted by Crippen LogP contribution is 2.33. The van der Waals surface area contributed by atoms with Crippen LogP contribution in [-0.4, -0.2) is 6.36 Å². The van der Waals surface area contributed by atoms with E-state index in [0.717, 1.165) is 16.7 Å². The maximum Gasteiger partial charge on any atom is 0.573 e. The number of aryl methyl sites for hydroxylation is 1. The van der Waals surface area contributed by atoms with Gasteiger partial charge in [-0.1, -0.05) is 36.4 Å². The molecule has 26 heavy (non-hydrogen) atoms. The summed E-state index contributed by atoms with van der Waals surface area (Å²) < 4.78 is 43.0.